The van der Waals surface area contributed by atoms with Crippen molar-refractivity contribution in [2.75, 3.05) is 19.6 Å². The molecule has 1 rings (SSSR count). The summed E-state index contributed by atoms with van der Waals surface area (Å²) in [5.74, 6) is -5.13. The second-order valence-corrected chi connectivity index (χ2v) is 6.34. The standard InChI is InChI=1S/C16H24N2O7/c1-4-5-7-18(8-6-17-13(18)10(2)3)12(14(21)22)16(25,15(23)24)9-11(19)20/h12,25H,2,4-9H2,1,3H3,(H2-,19,20,21,22,23,24). The zero-order chi connectivity index (χ0) is 19.4. The predicted octanol–water partition coefficient (Wildman–Crippen LogP) is -1.000. The molecule has 1 aliphatic heterocycles. The van der Waals surface area contributed by atoms with Gasteiger partial charge in [-0.1, -0.05) is 19.9 Å². The lowest BCUT2D eigenvalue weighted by molar-refractivity contribution is -0.859. The number of nitrogens with zero attached hydrogens (tertiary/aromatic N) is 2. The quantitative estimate of drug-likeness (QED) is 0.425. The molecule has 0 bridgehead atoms. The molecule has 1 heterocycles. The number of aliphatic imine (C=N–C) groups is 1. The number of quaternary nitrogens is 1. The van der Waals surface area contributed by atoms with E-state index in [-0.39, 0.29) is 25.5 Å². The minimum atomic E-state index is -3.09. The smallest absolute Gasteiger partial charge is 0.366 e. The molecular weight excluding hydrogens is 332 g/mol. The molecule has 0 aromatic carbocycles. The first-order valence-corrected chi connectivity index (χ1v) is 7.99. The van der Waals surface area contributed by atoms with Gasteiger partial charge >= 0.3 is 11.9 Å². The second kappa shape index (κ2) is 7.75. The van der Waals surface area contributed by atoms with Crippen molar-refractivity contribution in [2.24, 2.45) is 4.99 Å². The SMILES string of the molecule is C=C(C)C1=NCC[N+]1(CCCC)C(C(=O)O)C(O)(CC(=O)O)C(=O)[O-]. The van der Waals surface area contributed by atoms with Crippen molar-refractivity contribution in [2.45, 2.75) is 44.8 Å². The fraction of sp³-hybridized carbons (Fsp3) is 0.625. The van der Waals surface area contributed by atoms with E-state index in [1.165, 1.54) is 0 Å². The van der Waals surface area contributed by atoms with E-state index in [2.05, 4.69) is 11.6 Å². The highest BCUT2D eigenvalue weighted by molar-refractivity contribution is 5.96. The summed E-state index contributed by atoms with van der Waals surface area (Å²) in [6.45, 7) is 7.81. The van der Waals surface area contributed by atoms with Crippen molar-refractivity contribution in [3.05, 3.63) is 12.2 Å². The van der Waals surface area contributed by atoms with Crippen LogP contribution in [0.15, 0.2) is 17.1 Å². The molecule has 0 saturated carbocycles. The van der Waals surface area contributed by atoms with Crippen LogP contribution in [0.4, 0.5) is 0 Å². The van der Waals surface area contributed by atoms with Crippen molar-refractivity contribution in [3.63, 3.8) is 0 Å². The van der Waals surface area contributed by atoms with Crippen LogP contribution in [-0.4, -0.2) is 74.8 Å². The van der Waals surface area contributed by atoms with Crippen LogP contribution in [0.1, 0.15) is 33.1 Å². The summed E-state index contributed by atoms with van der Waals surface area (Å²) in [4.78, 5) is 39.0. The van der Waals surface area contributed by atoms with Crippen molar-refractivity contribution >= 4 is 23.7 Å². The summed E-state index contributed by atoms with van der Waals surface area (Å²) < 4.78 is -0.462. The first-order chi connectivity index (χ1) is 11.5. The van der Waals surface area contributed by atoms with Crippen molar-refractivity contribution in [1.29, 1.82) is 0 Å². The number of carbonyl (C=O) groups excluding carboxylic acids is 1. The van der Waals surface area contributed by atoms with E-state index in [0.717, 1.165) is 0 Å². The van der Waals surface area contributed by atoms with Gasteiger partial charge in [0.2, 0.25) is 11.9 Å². The number of hydrogen-bond acceptors (Lipinski definition) is 6. The molecule has 0 radical (unpaired) electrons. The fourth-order valence-corrected chi connectivity index (χ4v) is 3.47. The Hall–Kier alpha value is -2.26. The number of carbonyl (C=O) groups is 3. The highest BCUT2D eigenvalue weighted by Gasteiger charge is 2.60. The van der Waals surface area contributed by atoms with Crippen LogP contribution < -0.4 is 5.11 Å². The van der Waals surface area contributed by atoms with Gasteiger partial charge in [-0.05, 0) is 13.3 Å². The second-order valence-electron chi connectivity index (χ2n) is 6.34. The Morgan fingerprint density at radius 1 is 1.40 bits per heavy atom. The third-order valence-electron chi connectivity index (χ3n) is 4.43. The molecule has 3 N–H and O–H groups in total. The Balaban J connectivity index is 3.61. The van der Waals surface area contributed by atoms with Crippen LogP contribution in [0.3, 0.4) is 0 Å². The third-order valence-corrected chi connectivity index (χ3v) is 4.43. The molecular formula is C16H24N2O7. The Morgan fingerprint density at radius 2 is 2.00 bits per heavy atom. The zero-order valence-corrected chi connectivity index (χ0v) is 14.4. The van der Waals surface area contributed by atoms with E-state index in [1.807, 2.05) is 6.92 Å². The monoisotopic (exact) mass is 356 g/mol. The van der Waals surface area contributed by atoms with Crippen LogP contribution in [0.2, 0.25) is 0 Å². The van der Waals surface area contributed by atoms with Gasteiger partial charge in [0, 0.05) is 5.57 Å². The lowest BCUT2D eigenvalue weighted by Gasteiger charge is -2.46. The molecule has 9 heteroatoms. The first kappa shape index (κ1) is 20.8. The van der Waals surface area contributed by atoms with Gasteiger partial charge in [0.05, 0.1) is 25.5 Å². The minimum Gasteiger partial charge on any atom is -0.547 e. The molecule has 0 spiro atoms. The molecule has 9 nitrogen and oxygen atoms in total. The normalized spacial score (nSPS) is 23.4. The summed E-state index contributed by atoms with van der Waals surface area (Å²) in [5.41, 5.74) is -2.65. The molecule has 140 valence electrons. The maximum atomic E-state index is 12.0. The molecule has 0 aromatic heterocycles. The number of amidine groups is 1. The number of aliphatic carboxylic acids is 3. The summed E-state index contributed by atoms with van der Waals surface area (Å²) >= 11 is 0. The Morgan fingerprint density at radius 3 is 2.40 bits per heavy atom. The van der Waals surface area contributed by atoms with Crippen molar-refractivity contribution < 1.29 is 39.3 Å². The van der Waals surface area contributed by atoms with E-state index in [1.54, 1.807) is 6.92 Å². The number of hydrogen-bond donors (Lipinski definition) is 3. The highest BCUT2D eigenvalue weighted by atomic mass is 16.4. The highest BCUT2D eigenvalue weighted by Crippen LogP contribution is 2.33. The number of rotatable bonds is 10. The summed E-state index contributed by atoms with van der Waals surface area (Å²) in [7, 11) is 0. The lowest BCUT2D eigenvalue weighted by Crippen LogP contribution is -2.74. The van der Waals surface area contributed by atoms with Gasteiger partial charge in [0.25, 0.3) is 0 Å². The van der Waals surface area contributed by atoms with Crippen LogP contribution in [-0.2, 0) is 14.4 Å². The van der Waals surface area contributed by atoms with E-state index >= 15 is 0 Å². The molecule has 0 saturated heterocycles. The van der Waals surface area contributed by atoms with Gasteiger partial charge in [-0.15, -0.1) is 0 Å². The maximum absolute atomic E-state index is 12.0. The summed E-state index contributed by atoms with van der Waals surface area (Å²) in [5, 5.41) is 40.9. The number of unbranched alkanes of at least 4 members (excludes halogenated alkanes) is 1. The minimum absolute atomic E-state index is 0.133. The van der Waals surface area contributed by atoms with E-state index in [0.29, 0.717) is 18.4 Å². The maximum Gasteiger partial charge on any atom is 0.366 e. The molecule has 3 atom stereocenters. The van der Waals surface area contributed by atoms with E-state index < -0.39 is 40.5 Å². The first-order valence-electron chi connectivity index (χ1n) is 7.99. The largest absolute Gasteiger partial charge is 0.547 e. The lowest BCUT2D eigenvalue weighted by atomic mass is 9.86. The van der Waals surface area contributed by atoms with E-state index in [4.69, 9.17) is 5.11 Å². The van der Waals surface area contributed by atoms with Crippen LogP contribution in [0, 0.1) is 0 Å². The Kier molecular flexibility index (Phi) is 6.44. The number of carboxylic acid groups (broad SMARTS) is 3. The predicted molar refractivity (Wildman–Crippen MR) is 85.7 cm³/mol. The summed E-state index contributed by atoms with van der Waals surface area (Å²) in [6.07, 6.45) is -0.0628. The average Bonchev–Trinajstić information content (AvgIpc) is 2.88. The van der Waals surface area contributed by atoms with Gasteiger partial charge in [-0.3, -0.25) is 9.28 Å². The molecule has 0 aliphatic carbocycles. The van der Waals surface area contributed by atoms with Crippen LogP contribution in [0.5, 0.6) is 0 Å². The molecule has 0 amide bonds. The molecule has 25 heavy (non-hydrogen) atoms. The average molecular weight is 356 g/mol. The molecule has 3 unspecified atom stereocenters. The molecule has 1 aliphatic rings. The van der Waals surface area contributed by atoms with Crippen LogP contribution >= 0.6 is 0 Å². The van der Waals surface area contributed by atoms with Gasteiger partial charge < -0.3 is 25.2 Å². The van der Waals surface area contributed by atoms with Gasteiger partial charge in [-0.2, -0.15) is 0 Å². The Labute approximate surface area is 145 Å². The molecule has 0 aromatic rings. The molecule has 0 fully saturated rings. The van der Waals surface area contributed by atoms with Crippen LogP contribution in [0.25, 0.3) is 0 Å². The van der Waals surface area contributed by atoms with Gasteiger partial charge in [-0.25, -0.2) is 9.79 Å². The Bertz CT molecular complexity index is 616. The fourth-order valence-electron chi connectivity index (χ4n) is 3.47. The number of aliphatic hydroxyl groups is 1. The van der Waals surface area contributed by atoms with E-state index in [9.17, 15) is 29.7 Å². The summed E-state index contributed by atoms with van der Waals surface area (Å²) in [6, 6.07) is -1.97. The zero-order valence-electron chi connectivity index (χ0n) is 14.4. The number of carboxylic acids is 3. The van der Waals surface area contributed by atoms with Crippen molar-refractivity contribution in [3.8, 4) is 0 Å². The van der Waals surface area contributed by atoms with Gasteiger partial charge in [0.1, 0.15) is 6.54 Å². The topological polar surface area (TPSA) is 147 Å². The van der Waals surface area contributed by atoms with Crippen molar-refractivity contribution in [1.82, 2.24) is 0 Å². The third kappa shape index (κ3) is 3.88. The van der Waals surface area contributed by atoms with Gasteiger partial charge in [0.15, 0.2) is 5.60 Å².